The fourth-order valence-electron chi connectivity index (χ4n) is 3.13. The number of carbonyl (C=O) groups is 1. The Morgan fingerprint density at radius 1 is 1.44 bits per heavy atom. The van der Waals surface area contributed by atoms with Gasteiger partial charge < -0.3 is 15.5 Å². The molecule has 0 bridgehead atoms. The number of benzene rings is 1. The minimum atomic E-state index is -0.0159. The van der Waals surface area contributed by atoms with Crippen LogP contribution in [-0.4, -0.2) is 31.1 Å². The number of hydrogen-bond donors (Lipinski definition) is 2. The number of anilines is 2. The fourth-order valence-corrected chi connectivity index (χ4v) is 3.13. The number of hydrogen-bond acceptors (Lipinski definition) is 3. The van der Waals surface area contributed by atoms with Gasteiger partial charge in [0.05, 0.1) is 0 Å². The summed E-state index contributed by atoms with van der Waals surface area (Å²) in [6.07, 6.45) is 1.10. The van der Waals surface area contributed by atoms with Crippen molar-refractivity contribution in [2.75, 3.05) is 23.3 Å². The Morgan fingerprint density at radius 3 is 3.06 bits per heavy atom. The van der Waals surface area contributed by atoms with Crippen molar-refractivity contribution in [3.8, 4) is 0 Å². The quantitative estimate of drug-likeness (QED) is 0.785. The highest BCUT2D eigenvalue weighted by atomic mass is 16.1. The van der Waals surface area contributed by atoms with Gasteiger partial charge in [-0.2, -0.15) is 0 Å². The highest BCUT2D eigenvalue weighted by molar-refractivity contribution is 5.89. The van der Waals surface area contributed by atoms with Crippen molar-refractivity contribution in [1.82, 2.24) is 5.32 Å². The highest BCUT2D eigenvalue weighted by Gasteiger charge is 2.34. The maximum atomic E-state index is 11.1. The van der Waals surface area contributed by atoms with Gasteiger partial charge in [0.25, 0.3) is 0 Å². The Bertz CT molecular complexity index is 486. The predicted octanol–water partition coefficient (Wildman–Crippen LogP) is 1.37. The van der Waals surface area contributed by atoms with E-state index in [2.05, 4.69) is 34.6 Å². The van der Waals surface area contributed by atoms with Crippen LogP contribution in [0.3, 0.4) is 0 Å². The van der Waals surface area contributed by atoms with E-state index in [9.17, 15) is 4.79 Å². The average Bonchev–Trinajstić information content (AvgIpc) is 2.67. The third-order valence-electron chi connectivity index (χ3n) is 3.83. The van der Waals surface area contributed by atoms with Crippen LogP contribution >= 0.6 is 0 Å². The van der Waals surface area contributed by atoms with Gasteiger partial charge in [0.15, 0.2) is 0 Å². The zero-order valence-electron chi connectivity index (χ0n) is 10.9. The summed E-state index contributed by atoms with van der Waals surface area (Å²) in [7, 11) is 0. The lowest BCUT2D eigenvalue weighted by Crippen LogP contribution is -2.54. The van der Waals surface area contributed by atoms with Crippen molar-refractivity contribution in [1.29, 1.82) is 0 Å². The molecule has 0 aliphatic carbocycles. The van der Waals surface area contributed by atoms with Gasteiger partial charge in [-0.3, -0.25) is 4.79 Å². The minimum absolute atomic E-state index is 0.0159. The van der Waals surface area contributed by atoms with Gasteiger partial charge in [0.2, 0.25) is 5.91 Å². The van der Waals surface area contributed by atoms with Crippen molar-refractivity contribution in [3.05, 3.63) is 23.8 Å². The molecule has 4 nitrogen and oxygen atoms in total. The standard InChI is InChI=1S/C14H19N3O/c1-9-7-15-8-13-5-11-3-4-12(16-10(2)18)6-14(11)17(9)13/h3-4,6,9,13,15H,5,7-8H2,1-2H3,(H,16,18)/t9-,13-/m1/s1. The molecule has 2 N–H and O–H groups in total. The Hall–Kier alpha value is -1.55. The molecule has 2 heterocycles. The molecule has 1 saturated heterocycles. The molecular formula is C14H19N3O. The maximum Gasteiger partial charge on any atom is 0.221 e. The molecule has 0 aromatic heterocycles. The molecule has 4 heteroatoms. The number of nitrogens with zero attached hydrogens (tertiary/aromatic N) is 1. The first-order valence-corrected chi connectivity index (χ1v) is 6.54. The smallest absolute Gasteiger partial charge is 0.221 e. The summed E-state index contributed by atoms with van der Waals surface area (Å²) in [5, 5.41) is 6.34. The third-order valence-corrected chi connectivity index (χ3v) is 3.83. The molecule has 0 radical (unpaired) electrons. The maximum absolute atomic E-state index is 11.1. The van der Waals surface area contributed by atoms with Crippen LogP contribution in [0, 0.1) is 0 Å². The first kappa shape index (κ1) is 11.5. The van der Waals surface area contributed by atoms with E-state index in [1.165, 1.54) is 11.3 Å². The molecule has 1 amide bonds. The number of amides is 1. The summed E-state index contributed by atoms with van der Waals surface area (Å²) >= 11 is 0. The van der Waals surface area contributed by atoms with Crippen molar-refractivity contribution in [2.45, 2.75) is 32.4 Å². The van der Waals surface area contributed by atoms with E-state index < -0.39 is 0 Å². The molecule has 18 heavy (non-hydrogen) atoms. The number of fused-ring (bicyclic) bond motifs is 3. The second kappa shape index (κ2) is 4.28. The molecule has 1 aromatic carbocycles. The highest BCUT2D eigenvalue weighted by Crippen LogP contribution is 2.36. The minimum Gasteiger partial charge on any atom is -0.363 e. The summed E-state index contributed by atoms with van der Waals surface area (Å²) in [4.78, 5) is 13.6. The van der Waals surface area contributed by atoms with Gasteiger partial charge >= 0.3 is 0 Å². The van der Waals surface area contributed by atoms with Crippen LogP contribution in [0.5, 0.6) is 0 Å². The van der Waals surface area contributed by atoms with E-state index in [4.69, 9.17) is 0 Å². The van der Waals surface area contributed by atoms with Crippen molar-refractivity contribution in [2.24, 2.45) is 0 Å². The number of nitrogens with one attached hydrogen (secondary N) is 2. The number of rotatable bonds is 1. The molecule has 0 saturated carbocycles. The summed E-state index contributed by atoms with van der Waals surface area (Å²) < 4.78 is 0. The SMILES string of the molecule is CC(=O)Nc1ccc2c(c1)N1[C@@H](CNC[C@H]1C)C2. The van der Waals surface area contributed by atoms with E-state index in [0.717, 1.165) is 25.2 Å². The lowest BCUT2D eigenvalue weighted by molar-refractivity contribution is -0.114. The molecule has 0 unspecified atom stereocenters. The van der Waals surface area contributed by atoms with Gasteiger partial charge in [0, 0.05) is 43.5 Å². The third kappa shape index (κ3) is 1.86. The molecule has 2 aliphatic heterocycles. The largest absolute Gasteiger partial charge is 0.363 e. The van der Waals surface area contributed by atoms with Crippen LogP contribution in [0.1, 0.15) is 19.4 Å². The van der Waals surface area contributed by atoms with Crippen molar-refractivity contribution in [3.63, 3.8) is 0 Å². The summed E-state index contributed by atoms with van der Waals surface area (Å²) in [6.45, 7) is 5.87. The lowest BCUT2D eigenvalue weighted by Gasteiger charge is -2.38. The summed E-state index contributed by atoms with van der Waals surface area (Å²) in [6, 6.07) is 7.33. The number of piperazine rings is 1. The van der Waals surface area contributed by atoms with E-state index in [0.29, 0.717) is 12.1 Å². The molecule has 2 aliphatic rings. The lowest BCUT2D eigenvalue weighted by atomic mass is 10.1. The molecule has 1 fully saturated rings. The summed E-state index contributed by atoms with van der Waals surface area (Å²) in [5.74, 6) is -0.0159. The Balaban J connectivity index is 1.94. The van der Waals surface area contributed by atoms with Crippen LogP contribution in [0.15, 0.2) is 18.2 Å². The zero-order chi connectivity index (χ0) is 12.7. The predicted molar refractivity (Wildman–Crippen MR) is 73.0 cm³/mol. The Kier molecular flexibility index (Phi) is 2.74. The molecule has 96 valence electrons. The first-order valence-electron chi connectivity index (χ1n) is 6.54. The van der Waals surface area contributed by atoms with E-state index in [1.807, 2.05) is 6.07 Å². The van der Waals surface area contributed by atoms with Crippen molar-refractivity contribution < 1.29 is 4.79 Å². The van der Waals surface area contributed by atoms with Gasteiger partial charge in [-0.05, 0) is 31.0 Å². The molecule has 1 aromatic rings. The number of carbonyl (C=O) groups excluding carboxylic acids is 1. The fraction of sp³-hybridized carbons (Fsp3) is 0.500. The Labute approximate surface area is 107 Å². The van der Waals surface area contributed by atoms with Crippen LogP contribution < -0.4 is 15.5 Å². The van der Waals surface area contributed by atoms with Gasteiger partial charge in [0.1, 0.15) is 0 Å². The molecule has 0 spiro atoms. The van der Waals surface area contributed by atoms with Gasteiger partial charge in [-0.1, -0.05) is 6.07 Å². The van der Waals surface area contributed by atoms with Crippen LogP contribution in [-0.2, 0) is 11.2 Å². The monoisotopic (exact) mass is 245 g/mol. The van der Waals surface area contributed by atoms with Crippen LogP contribution in [0.4, 0.5) is 11.4 Å². The normalized spacial score (nSPS) is 25.6. The van der Waals surface area contributed by atoms with Gasteiger partial charge in [-0.15, -0.1) is 0 Å². The average molecular weight is 245 g/mol. The summed E-state index contributed by atoms with van der Waals surface area (Å²) in [5.41, 5.74) is 3.58. The second-order valence-corrected chi connectivity index (χ2v) is 5.30. The molecule has 3 rings (SSSR count). The zero-order valence-corrected chi connectivity index (χ0v) is 10.9. The first-order chi connectivity index (χ1) is 8.65. The van der Waals surface area contributed by atoms with E-state index in [1.54, 1.807) is 6.92 Å². The molecule has 2 atom stereocenters. The molecular weight excluding hydrogens is 226 g/mol. The topological polar surface area (TPSA) is 44.4 Å². The Morgan fingerprint density at radius 2 is 2.28 bits per heavy atom. The van der Waals surface area contributed by atoms with E-state index >= 15 is 0 Å². The van der Waals surface area contributed by atoms with Crippen LogP contribution in [0.25, 0.3) is 0 Å². The van der Waals surface area contributed by atoms with Crippen molar-refractivity contribution >= 4 is 17.3 Å². The van der Waals surface area contributed by atoms with Crippen LogP contribution in [0.2, 0.25) is 0 Å². The van der Waals surface area contributed by atoms with Gasteiger partial charge in [-0.25, -0.2) is 0 Å². The second-order valence-electron chi connectivity index (χ2n) is 5.30. The van der Waals surface area contributed by atoms with E-state index in [-0.39, 0.29) is 5.91 Å².